The molecule has 1 fully saturated rings. The van der Waals surface area contributed by atoms with Crippen molar-refractivity contribution < 1.29 is 22.4 Å². The van der Waals surface area contributed by atoms with Crippen molar-refractivity contribution in [2.45, 2.75) is 25.7 Å². The quantitative estimate of drug-likeness (QED) is 0.561. The van der Waals surface area contributed by atoms with E-state index in [9.17, 15) is 22.4 Å². The lowest BCUT2D eigenvalue weighted by atomic mass is 9.89. The lowest BCUT2D eigenvalue weighted by molar-refractivity contribution is 0.0984. The van der Waals surface area contributed by atoms with Crippen LogP contribution in [0, 0.1) is 29.2 Å². The highest BCUT2D eigenvalue weighted by Gasteiger charge is 2.21. The molecule has 27 heavy (non-hydrogen) atoms. The van der Waals surface area contributed by atoms with E-state index in [1.807, 2.05) is 0 Å². The summed E-state index contributed by atoms with van der Waals surface area (Å²) in [6.07, 6.45) is 2.39. The van der Waals surface area contributed by atoms with E-state index < -0.39 is 34.6 Å². The average Bonchev–Trinajstić information content (AvgIpc) is 2.55. The second-order valence-electron chi connectivity index (χ2n) is 7.26. The zero-order chi connectivity index (χ0) is 19.6. The number of carbonyl (C=O) groups is 1. The molecule has 0 saturated carbocycles. The largest absolute Gasteiger partial charge is 0.306 e. The van der Waals surface area contributed by atoms with Gasteiger partial charge in [-0.1, -0.05) is 6.07 Å². The molecule has 0 aliphatic carbocycles. The van der Waals surface area contributed by atoms with Crippen LogP contribution in [0.5, 0.6) is 0 Å². The van der Waals surface area contributed by atoms with Crippen molar-refractivity contribution in [2.24, 2.45) is 5.92 Å². The van der Waals surface area contributed by atoms with Crippen molar-refractivity contribution in [1.29, 1.82) is 0 Å². The lowest BCUT2D eigenvalue weighted by Gasteiger charge is -2.29. The molecular formula is C21H21F4NO. The molecule has 1 saturated heterocycles. The number of benzene rings is 2. The van der Waals surface area contributed by atoms with E-state index in [1.54, 1.807) is 6.07 Å². The van der Waals surface area contributed by atoms with E-state index >= 15 is 0 Å². The summed E-state index contributed by atoms with van der Waals surface area (Å²) in [4.78, 5) is 14.5. The second-order valence-corrected chi connectivity index (χ2v) is 7.26. The Hall–Kier alpha value is -2.21. The van der Waals surface area contributed by atoms with Crippen LogP contribution in [0.3, 0.4) is 0 Å². The highest BCUT2D eigenvalue weighted by molar-refractivity contribution is 5.98. The van der Waals surface area contributed by atoms with Gasteiger partial charge in [0.2, 0.25) is 0 Å². The van der Waals surface area contributed by atoms with Crippen LogP contribution in [-0.2, 0) is 12.8 Å². The maximum absolute atomic E-state index is 14.0. The molecule has 6 heteroatoms. The van der Waals surface area contributed by atoms with Gasteiger partial charge in [0.05, 0.1) is 5.56 Å². The Morgan fingerprint density at radius 1 is 0.926 bits per heavy atom. The minimum atomic E-state index is -1.25. The normalized spacial score (nSPS) is 15.9. The number of halogens is 4. The van der Waals surface area contributed by atoms with E-state index in [4.69, 9.17) is 0 Å². The molecule has 1 heterocycles. The molecule has 0 aromatic heterocycles. The van der Waals surface area contributed by atoms with E-state index in [0.717, 1.165) is 31.5 Å². The molecule has 0 amide bonds. The first-order chi connectivity index (χ1) is 12.8. The van der Waals surface area contributed by atoms with Gasteiger partial charge >= 0.3 is 0 Å². The van der Waals surface area contributed by atoms with E-state index in [2.05, 4.69) is 11.9 Å². The molecule has 0 bridgehead atoms. The third-order valence-corrected chi connectivity index (χ3v) is 5.03. The van der Waals surface area contributed by atoms with Crippen LogP contribution in [-0.4, -0.2) is 30.8 Å². The molecule has 0 spiro atoms. The number of nitrogens with zero attached hydrogens (tertiary/aromatic N) is 1. The van der Waals surface area contributed by atoms with E-state index in [-0.39, 0.29) is 6.42 Å². The van der Waals surface area contributed by atoms with Crippen molar-refractivity contribution in [3.05, 3.63) is 70.3 Å². The summed E-state index contributed by atoms with van der Waals surface area (Å²) < 4.78 is 54.6. The lowest BCUT2D eigenvalue weighted by Crippen LogP contribution is -2.30. The average molecular weight is 379 g/mol. The number of hydrogen-bond acceptors (Lipinski definition) is 2. The number of ketones is 1. The Kier molecular flexibility index (Phi) is 5.95. The van der Waals surface area contributed by atoms with Gasteiger partial charge in [-0.3, -0.25) is 4.79 Å². The molecule has 3 rings (SSSR count). The Bertz CT molecular complexity index is 821. The van der Waals surface area contributed by atoms with Gasteiger partial charge in [-0.2, -0.15) is 0 Å². The van der Waals surface area contributed by atoms with Crippen molar-refractivity contribution in [3.8, 4) is 0 Å². The molecule has 0 atom stereocenters. The Labute approximate surface area is 155 Å². The second kappa shape index (κ2) is 8.21. The number of hydrogen-bond donors (Lipinski definition) is 0. The van der Waals surface area contributed by atoms with E-state index in [0.29, 0.717) is 30.0 Å². The summed E-state index contributed by atoms with van der Waals surface area (Å²) in [5.74, 6) is -4.48. The van der Waals surface area contributed by atoms with Crippen LogP contribution in [0.15, 0.2) is 30.3 Å². The number of carbonyl (C=O) groups excluding carboxylic acids is 1. The standard InChI is InChI=1S/C21H21F4NO/c1-26-4-2-13(3-5-26)6-14-7-15(9-16(22)8-14)10-20(27)21-18(24)11-17(23)12-19(21)25/h7-9,11-13H,2-6,10H2,1H3. The predicted molar refractivity (Wildman–Crippen MR) is 94.7 cm³/mol. The molecule has 2 nitrogen and oxygen atoms in total. The zero-order valence-corrected chi connectivity index (χ0v) is 15.1. The third kappa shape index (κ3) is 4.95. The van der Waals surface area contributed by atoms with E-state index in [1.165, 1.54) is 12.1 Å². The fourth-order valence-electron chi connectivity index (χ4n) is 3.62. The van der Waals surface area contributed by atoms with Crippen LogP contribution in [0.25, 0.3) is 0 Å². The monoisotopic (exact) mass is 379 g/mol. The maximum Gasteiger partial charge on any atom is 0.173 e. The Morgan fingerprint density at radius 2 is 1.48 bits per heavy atom. The summed E-state index contributed by atoms with van der Waals surface area (Å²) in [7, 11) is 2.07. The van der Waals surface area contributed by atoms with Crippen molar-refractivity contribution in [1.82, 2.24) is 4.90 Å². The Balaban J connectivity index is 1.75. The molecule has 2 aromatic rings. The molecule has 2 aromatic carbocycles. The minimum absolute atomic E-state index is 0.350. The van der Waals surface area contributed by atoms with Crippen LogP contribution in [0.2, 0.25) is 0 Å². The van der Waals surface area contributed by atoms with Gasteiger partial charge in [0.25, 0.3) is 0 Å². The van der Waals surface area contributed by atoms with Crippen LogP contribution >= 0.6 is 0 Å². The van der Waals surface area contributed by atoms with Crippen molar-refractivity contribution >= 4 is 5.78 Å². The maximum atomic E-state index is 14.0. The number of likely N-dealkylation sites (tertiary alicyclic amines) is 1. The smallest absolute Gasteiger partial charge is 0.173 e. The third-order valence-electron chi connectivity index (χ3n) is 5.03. The SMILES string of the molecule is CN1CCC(Cc2cc(F)cc(CC(=O)c3c(F)cc(F)cc3F)c2)CC1. The Morgan fingerprint density at radius 3 is 2.11 bits per heavy atom. The highest BCUT2D eigenvalue weighted by Crippen LogP contribution is 2.23. The molecule has 0 N–H and O–H groups in total. The number of piperidine rings is 1. The van der Waals surface area contributed by atoms with Gasteiger partial charge in [0, 0.05) is 18.6 Å². The topological polar surface area (TPSA) is 20.3 Å². The number of rotatable bonds is 5. The number of Topliss-reactive ketones (excluding diaryl/α,β-unsaturated/α-hetero) is 1. The molecule has 144 valence electrons. The molecule has 1 aliphatic rings. The first-order valence-corrected chi connectivity index (χ1v) is 8.96. The van der Waals surface area contributed by atoms with Gasteiger partial charge < -0.3 is 4.90 Å². The summed E-state index contributed by atoms with van der Waals surface area (Å²) in [6.45, 7) is 1.99. The van der Waals surface area contributed by atoms with Crippen LogP contribution in [0.1, 0.15) is 34.3 Å². The molecular weight excluding hydrogens is 358 g/mol. The summed E-state index contributed by atoms with van der Waals surface area (Å²) >= 11 is 0. The van der Waals surface area contributed by atoms with Gasteiger partial charge in [-0.15, -0.1) is 0 Å². The molecule has 0 radical (unpaired) electrons. The fourth-order valence-corrected chi connectivity index (χ4v) is 3.62. The van der Waals surface area contributed by atoms with Gasteiger partial charge in [-0.25, -0.2) is 17.6 Å². The highest BCUT2D eigenvalue weighted by atomic mass is 19.1. The van der Waals surface area contributed by atoms with Gasteiger partial charge in [0.1, 0.15) is 23.3 Å². The first kappa shape index (κ1) is 19.5. The summed E-state index contributed by atoms with van der Waals surface area (Å²) in [5.41, 5.74) is 0.330. The van der Waals surface area contributed by atoms with Gasteiger partial charge in [0.15, 0.2) is 5.78 Å². The van der Waals surface area contributed by atoms with Crippen molar-refractivity contribution in [2.75, 3.05) is 20.1 Å². The van der Waals surface area contributed by atoms with Crippen molar-refractivity contribution in [3.63, 3.8) is 0 Å². The fraction of sp³-hybridized carbons (Fsp3) is 0.381. The zero-order valence-electron chi connectivity index (χ0n) is 15.1. The van der Waals surface area contributed by atoms with Crippen LogP contribution < -0.4 is 0 Å². The van der Waals surface area contributed by atoms with Crippen LogP contribution in [0.4, 0.5) is 17.6 Å². The summed E-state index contributed by atoms with van der Waals surface area (Å²) in [6, 6.07) is 5.26. The first-order valence-electron chi connectivity index (χ1n) is 8.96. The molecule has 0 unspecified atom stereocenters. The van der Waals surface area contributed by atoms with Gasteiger partial charge in [-0.05, 0) is 68.6 Å². The molecule has 1 aliphatic heterocycles. The summed E-state index contributed by atoms with van der Waals surface area (Å²) in [5, 5.41) is 0. The predicted octanol–water partition coefficient (Wildman–Crippen LogP) is 4.55. The minimum Gasteiger partial charge on any atom is -0.306 e.